The minimum Gasteiger partial charge on any atom is -0.494 e. The van der Waals surface area contributed by atoms with Gasteiger partial charge in [-0.3, -0.25) is 0 Å². The Morgan fingerprint density at radius 3 is 2.19 bits per heavy atom. The lowest BCUT2D eigenvalue weighted by atomic mass is 9.95. The Balaban J connectivity index is 1.61. The molecular weight excluding hydrogens is 472 g/mol. The predicted octanol–water partition coefficient (Wildman–Crippen LogP) is 5.75. The Bertz CT molecular complexity index is 1270. The summed E-state index contributed by atoms with van der Waals surface area (Å²) in [6.45, 7) is 5.11. The van der Waals surface area contributed by atoms with Gasteiger partial charge in [0.1, 0.15) is 5.75 Å². The highest BCUT2D eigenvalue weighted by Crippen LogP contribution is 2.52. The van der Waals surface area contributed by atoms with E-state index in [1.165, 1.54) is 0 Å². The van der Waals surface area contributed by atoms with E-state index in [4.69, 9.17) is 33.5 Å². The summed E-state index contributed by atoms with van der Waals surface area (Å²) in [5.74, 6) is 3.91. The number of fused-ring (bicyclic) bond motifs is 3. The molecule has 8 nitrogen and oxygen atoms in total. The molecule has 2 unspecified atom stereocenters. The van der Waals surface area contributed by atoms with Crippen molar-refractivity contribution in [2.75, 3.05) is 34.5 Å². The fourth-order valence-electron chi connectivity index (χ4n) is 4.90. The third kappa shape index (κ3) is 4.48. The molecule has 194 valence electrons. The molecule has 2 aliphatic heterocycles. The van der Waals surface area contributed by atoms with Crippen LogP contribution < -0.4 is 28.4 Å². The van der Waals surface area contributed by atoms with E-state index in [-0.39, 0.29) is 6.04 Å². The van der Waals surface area contributed by atoms with Crippen LogP contribution in [-0.4, -0.2) is 45.3 Å². The van der Waals surface area contributed by atoms with Crippen molar-refractivity contribution in [2.45, 2.75) is 32.5 Å². The maximum Gasteiger partial charge on any atom is 0.214 e. The van der Waals surface area contributed by atoms with Crippen molar-refractivity contribution in [3.8, 4) is 34.5 Å². The molecule has 0 spiro atoms. The lowest BCUT2D eigenvalue weighted by molar-refractivity contribution is -0.0214. The predicted molar refractivity (Wildman–Crippen MR) is 140 cm³/mol. The van der Waals surface area contributed by atoms with Crippen molar-refractivity contribution in [2.24, 2.45) is 5.10 Å². The zero-order valence-corrected chi connectivity index (χ0v) is 21.8. The maximum atomic E-state index is 6.65. The van der Waals surface area contributed by atoms with Crippen LogP contribution >= 0.6 is 0 Å². The number of hydrogen-bond donors (Lipinski definition) is 0. The number of methoxy groups -OCH3 is 3. The largest absolute Gasteiger partial charge is 0.494 e. The van der Waals surface area contributed by atoms with E-state index in [0.29, 0.717) is 36.2 Å². The van der Waals surface area contributed by atoms with Crippen molar-refractivity contribution in [3.05, 3.63) is 71.3 Å². The topological polar surface area (TPSA) is 71.0 Å². The molecule has 0 fully saturated rings. The number of rotatable bonds is 9. The van der Waals surface area contributed by atoms with Gasteiger partial charge in [0.05, 0.1) is 46.3 Å². The minimum atomic E-state index is -0.534. The van der Waals surface area contributed by atoms with Gasteiger partial charge in [-0.15, -0.1) is 0 Å². The van der Waals surface area contributed by atoms with Crippen molar-refractivity contribution in [1.82, 2.24) is 5.01 Å². The molecule has 5 rings (SSSR count). The summed E-state index contributed by atoms with van der Waals surface area (Å²) in [5, 5.41) is 7.09. The van der Waals surface area contributed by atoms with Crippen molar-refractivity contribution in [1.29, 1.82) is 0 Å². The number of nitrogens with zero attached hydrogens (tertiary/aromatic N) is 2. The number of para-hydroxylation sites is 1. The lowest BCUT2D eigenvalue weighted by Crippen LogP contribution is -2.34. The van der Waals surface area contributed by atoms with Crippen molar-refractivity contribution >= 4 is 5.71 Å². The molecule has 0 saturated heterocycles. The minimum absolute atomic E-state index is 0.0326. The van der Waals surface area contributed by atoms with Crippen LogP contribution in [0.2, 0.25) is 0 Å². The normalized spacial score (nSPS) is 17.8. The van der Waals surface area contributed by atoms with Gasteiger partial charge in [0.2, 0.25) is 12.0 Å². The highest BCUT2D eigenvalue weighted by molar-refractivity contribution is 6.02. The van der Waals surface area contributed by atoms with Gasteiger partial charge in [-0.2, -0.15) is 5.10 Å². The lowest BCUT2D eigenvalue weighted by Gasteiger charge is -2.39. The van der Waals surface area contributed by atoms with E-state index >= 15 is 0 Å². The molecule has 0 saturated carbocycles. The SMILES string of the molecule is CCOc1ccc(C2=NN3C(C2)c2cccc(OCC)c2OC3c2cc(OC)c(OC)c(OC)c2)cc1. The Morgan fingerprint density at radius 2 is 1.57 bits per heavy atom. The first-order valence-electron chi connectivity index (χ1n) is 12.4. The highest BCUT2D eigenvalue weighted by atomic mass is 16.5. The molecule has 0 bridgehead atoms. The number of hydrogen-bond acceptors (Lipinski definition) is 8. The number of hydrazone groups is 1. The van der Waals surface area contributed by atoms with Crippen LogP contribution in [0.25, 0.3) is 0 Å². The van der Waals surface area contributed by atoms with Gasteiger partial charge < -0.3 is 28.4 Å². The van der Waals surface area contributed by atoms with E-state index in [1.54, 1.807) is 21.3 Å². The first kappa shape index (κ1) is 24.6. The molecule has 37 heavy (non-hydrogen) atoms. The van der Waals surface area contributed by atoms with Gasteiger partial charge >= 0.3 is 0 Å². The molecule has 0 amide bonds. The van der Waals surface area contributed by atoms with Crippen LogP contribution in [0.4, 0.5) is 0 Å². The second kappa shape index (κ2) is 10.5. The molecule has 0 aliphatic carbocycles. The summed E-state index contributed by atoms with van der Waals surface area (Å²) >= 11 is 0. The van der Waals surface area contributed by atoms with Gasteiger partial charge in [0.15, 0.2) is 23.0 Å². The molecule has 0 radical (unpaired) electrons. The molecule has 0 N–H and O–H groups in total. The molecule has 8 heteroatoms. The van der Waals surface area contributed by atoms with Gasteiger partial charge in [-0.25, -0.2) is 5.01 Å². The summed E-state index contributed by atoms with van der Waals surface area (Å²) in [6, 6.07) is 17.9. The van der Waals surface area contributed by atoms with Crippen molar-refractivity contribution < 1.29 is 28.4 Å². The van der Waals surface area contributed by atoms with Gasteiger partial charge in [0.25, 0.3) is 0 Å². The van der Waals surface area contributed by atoms with E-state index in [0.717, 1.165) is 40.3 Å². The van der Waals surface area contributed by atoms with Crippen LogP contribution in [0.1, 0.15) is 49.2 Å². The van der Waals surface area contributed by atoms with Crippen LogP contribution in [0, 0.1) is 0 Å². The van der Waals surface area contributed by atoms with Crippen LogP contribution in [0.3, 0.4) is 0 Å². The quantitative estimate of drug-likeness (QED) is 0.367. The highest BCUT2D eigenvalue weighted by Gasteiger charge is 2.42. The summed E-state index contributed by atoms with van der Waals surface area (Å²) in [7, 11) is 4.80. The Morgan fingerprint density at radius 1 is 0.865 bits per heavy atom. The monoisotopic (exact) mass is 504 g/mol. The number of benzene rings is 3. The zero-order valence-electron chi connectivity index (χ0n) is 21.8. The van der Waals surface area contributed by atoms with Gasteiger partial charge in [-0.05, 0) is 61.9 Å². The Labute approximate surface area is 217 Å². The first-order valence-corrected chi connectivity index (χ1v) is 12.4. The first-order chi connectivity index (χ1) is 18.1. The zero-order chi connectivity index (χ0) is 25.9. The third-order valence-corrected chi connectivity index (χ3v) is 6.55. The molecule has 3 aromatic rings. The second-order valence-electron chi connectivity index (χ2n) is 8.64. The maximum absolute atomic E-state index is 6.65. The molecule has 2 heterocycles. The molecule has 3 aromatic carbocycles. The van der Waals surface area contributed by atoms with E-state index in [2.05, 4.69) is 18.2 Å². The van der Waals surface area contributed by atoms with E-state index < -0.39 is 6.23 Å². The molecule has 0 aromatic heterocycles. The molecular formula is C29H32N2O6. The van der Waals surface area contributed by atoms with E-state index in [9.17, 15) is 0 Å². The number of ether oxygens (including phenoxy) is 6. The van der Waals surface area contributed by atoms with Gasteiger partial charge in [0, 0.05) is 17.5 Å². The molecule has 2 atom stereocenters. The smallest absolute Gasteiger partial charge is 0.214 e. The van der Waals surface area contributed by atoms with Crippen LogP contribution in [0.5, 0.6) is 34.5 Å². The average Bonchev–Trinajstić information content (AvgIpc) is 3.38. The van der Waals surface area contributed by atoms with Crippen LogP contribution in [0.15, 0.2) is 59.7 Å². The van der Waals surface area contributed by atoms with Crippen molar-refractivity contribution in [3.63, 3.8) is 0 Å². The summed E-state index contributed by atoms with van der Waals surface area (Å²) < 4.78 is 35.0. The third-order valence-electron chi connectivity index (χ3n) is 6.55. The second-order valence-corrected chi connectivity index (χ2v) is 8.64. The van der Waals surface area contributed by atoms with Crippen LogP contribution in [-0.2, 0) is 0 Å². The fraction of sp³-hybridized carbons (Fsp3) is 0.345. The van der Waals surface area contributed by atoms with E-state index in [1.807, 2.05) is 55.3 Å². The summed E-state index contributed by atoms with van der Waals surface area (Å²) in [6.07, 6.45) is 0.189. The Kier molecular flexibility index (Phi) is 6.99. The fourth-order valence-corrected chi connectivity index (χ4v) is 4.90. The summed E-state index contributed by atoms with van der Waals surface area (Å²) in [5.41, 5.74) is 3.89. The Hall–Kier alpha value is -4.07. The van der Waals surface area contributed by atoms with Gasteiger partial charge in [-0.1, -0.05) is 12.1 Å². The standard InChI is InChI=1S/C29H32N2O6/c1-6-35-20-13-11-18(12-14-20)22-17-23-21-9-8-10-24(36-7-2)27(21)37-29(31(23)30-22)19-15-25(32-3)28(34-5)26(16-19)33-4/h8-16,23,29H,6-7,17H2,1-5H3. The summed E-state index contributed by atoms with van der Waals surface area (Å²) in [4.78, 5) is 0. The molecule has 2 aliphatic rings. The average molecular weight is 505 g/mol.